The number of rotatable bonds is 6. The summed E-state index contributed by atoms with van der Waals surface area (Å²) in [5.74, 6) is -0.878. The van der Waals surface area contributed by atoms with E-state index in [9.17, 15) is 14.4 Å². The number of nitrogens with zero attached hydrogens (tertiary/aromatic N) is 2. The Kier molecular flexibility index (Phi) is 6.20. The highest BCUT2D eigenvalue weighted by Gasteiger charge is 2.36. The average molecular weight is 407 g/mol. The lowest BCUT2D eigenvalue weighted by Crippen LogP contribution is -2.54. The zero-order valence-electron chi connectivity index (χ0n) is 17.6. The summed E-state index contributed by atoms with van der Waals surface area (Å²) < 4.78 is 5.49. The number of hydrogen-bond donors (Lipinski definition) is 1. The van der Waals surface area contributed by atoms with Crippen LogP contribution < -0.4 is 19.9 Å². The van der Waals surface area contributed by atoms with E-state index in [0.717, 1.165) is 29.2 Å². The lowest BCUT2D eigenvalue weighted by molar-refractivity contribution is -0.122. The Labute approximate surface area is 175 Å². The lowest BCUT2D eigenvalue weighted by Gasteiger charge is -2.26. The molecule has 0 aliphatic carbocycles. The van der Waals surface area contributed by atoms with Gasteiger partial charge in [0.1, 0.15) is 11.3 Å². The van der Waals surface area contributed by atoms with Crippen molar-refractivity contribution in [2.24, 2.45) is 0 Å². The fourth-order valence-electron chi connectivity index (χ4n) is 3.35. The topological polar surface area (TPSA) is 79.0 Å². The second-order valence-electron chi connectivity index (χ2n) is 6.89. The van der Waals surface area contributed by atoms with Gasteiger partial charge in [-0.1, -0.05) is 17.7 Å². The first kappa shape index (κ1) is 21.1. The minimum absolute atomic E-state index is 0.135. The molecule has 30 heavy (non-hydrogen) atoms. The molecule has 0 atom stereocenters. The molecule has 0 spiro atoms. The van der Waals surface area contributed by atoms with Gasteiger partial charge < -0.3 is 9.64 Å². The zero-order chi connectivity index (χ0) is 21.8. The molecule has 7 heteroatoms. The fraction of sp³-hybridized carbons (Fsp3) is 0.261. The van der Waals surface area contributed by atoms with Crippen molar-refractivity contribution < 1.29 is 19.1 Å². The number of aryl methyl sites for hydroxylation is 1. The van der Waals surface area contributed by atoms with Crippen molar-refractivity contribution in [3.63, 3.8) is 0 Å². The minimum atomic E-state index is -0.769. The maximum atomic E-state index is 13.0. The van der Waals surface area contributed by atoms with Crippen LogP contribution in [0.1, 0.15) is 25.0 Å². The van der Waals surface area contributed by atoms with Crippen LogP contribution in [0.2, 0.25) is 0 Å². The highest BCUT2D eigenvalue weighted by atomic mass is 16.5. The van der Waals surface area contributed by atoms with Crippen molar-refractivity contribution in [1.82, 2.24) is 5.32 Å². The third-order valence-corrected chi connectivity index (χ3v) is 5.04. The van der Waals surface area contributed by atoms with E-state index in [2.05, 4.69) is 24.1 Å². The highest BCUT2D eigenvalue weighted by molar-refractivity contribution is 6.39. The van der Waals surface area contributed by atoms with Crippen molar-refractivity contribution in [2.75, 3.05) is 30.0 Å². The van der Waals surface area contributed by atoms with Crippen LogP contribution in [0.4, 0.5) is 16.2 Å². The molecule has 1 fully saturated rings. The maximum Gasteiger partial charge on any atom is 0.335 e. The number of amides is 4. The summed E-state index contributed by atoms with van der Waals surface area (Å²) >= 11 is 0. The van der Waals surface area contributed by atoms with Crippen molar-refractivity contribution in [2.45, 2.75) is 20.8 Å². The van der Waals surface area contributed by atoms with E-state index in [1.54, 1.807) is 30.3 Å². The highest BCUT2D eigenvalue weighted by Crippen LogP contribution is 2.29. The SMILES string of the molecule is CCN(CC)c1ccc(/C=C2/C(=O)NC(=O)N(c3ccc(C)cc3)C2=O)c(OC)c1. The predicted octanol–water partition coefficient (Wildman–Crippen LogP) is 3.52. The van der Waals surface area contributed by atoms with Gasteiger partial charge in [0.2, 0.25) is 0 Å². The summed E-state index contributed by atoms with van der Waals surface area (Å²) in [4.78, 5) is 40.9. The molecule has 2 aromatic rings. The number of carbonyl (C=O) groups is 3. The molecule has 1 saturated heterocycles. The molecule has 0 bridgehead atoms. The van der Waals surface area contributed by atoms with Crippen LogP contribution in [0.15, 0.2) is 48.0 Å². The Balaban J connectivity index is 2.01. The first-order chi connectivity index (χ1) is 14.4. The Morgan fingerprint density at radius 3 is 2.30 bits per heavy atom. The number of ether oxygens (including phenoxy) is 1. The van der Waals surface area contributed by atoms with Gasteiger partial charge in [-0.2, -0.15) is 0 Å². The monoisotopic (exact) mass is 407 g/mol. The second kappa shape index (κ2) is 8.82. The van der Waals surface area contributed by atoms with Crippen LogP contribution in [0.3, 0.4) is 0 Å². The molecule has 2 aromatic carbocycles. The molecular formula is C23H25N3O4. The largest absolute Gasteiger partial charge is 0.496 e. The minimum Gasteiger partial charge on any atom is -0.496 e. The number of imide groups is 2. The van der Waals surface area contributed by atoms with E-state index >= 15 is 0 Å². The van der Waals surface area contributed by atoms with E-state index in [0.29, 0.717) is 17.0 Å². The van der Waals surface area contributed by atoms with E-state index in [1.165, 1.54) is 13.2 Å². The van der Waals surface area contributed by atoms with E-state index < -0.39 is 17.8 Å². The number of benzene rings is 2. The molecule has 0 unspecified atom stereocenters. The number of anilines is 2. The number of methoxy groups -OCH3 is 1. The normalized spacial score (nSPS) is 15.4. The second-order valence-corrected chi connectivity index (χ2v) is 6.89. The molecule has 1 aliphatic heterocycles. The van der Waals surface area contributed by atoms with Crippen LogP contribution in [-0.2, 0) is 9.59 Å². The number of hydrogen-bond acceptors (Lipinski definition) is 5. The van der Waals surface area contributed by atoms with Crippen LogP contribution in [0.5, 0.6) is 5.75 Å². The Morgan fingerprint density at radius 1 is 1.03 bits per heavy atom. The molecule has 3 rings (SSSR count). The van der Waals surface area contributed by atoms with Crippen molar-refractivity contribution in [3.8, 4) is 5.75 Å². The van der Waals surface area contributed by atoms with E-state index in [1.807, 2.05) is 19.1 Å². The van der Waals surface area contributed by atoms with Crippen molar-refractivity contribution >= 4 is 35.3 Å². The summed E-state index contributed by atoms with van der Waals surface area (Å²) in [6.45, 7) is 7.72. The van der Waals surface area contributed by atoms with Gasteiger partial charge in [0, 0.05) is 30.4 Å². The molecule has 4 amide bonds. The summed E-state index contributed by atoms with van der Waals surface area (Å²) in [5, 5.41) is 2.24. The summed E-state index contributed by atoms with van der Waals surface area (Å²) in [7, 11) is 1.54. The summed E-state index contributed by atoms with van der Waals surface area (Å²) in [6, 6.07) is 11.7. The lowest BCUT2D eigenvalue weighted by atomic mass is 10.0. The zero-order valence-corrected chi connectivity index (χ0v) is 17.6. The number of barbiturate groups is 1. The van der Waals surface area contributed by atoms with Crippen molar-refractivity contribution in [1.29, 1.82) is 0 Å². The first-order valence-electron chi connectivity index (χ1n) is 9.80. The number of nitrogens with one attached hydrogen (secondary N) is 1. The quantitative estimate of drug-likeness (QED) is 0.586. The smallest absolute Gasteiger partial charge is 0.335 e. The summed E-state index contributed by atoms with van der Waals surface area (Å²) in [6.07, 6.45) is 1.45. The van der Waals surface area contributed by atoms with Crippen LogP contribution in [-0.4, -0.2) is 38.0 Å². The van der Waals surface area contributed by atoms with Crippen LogP contribution in [0, 0.1) is 6.92 Å². The van der Waals surface area contributed by atoms with Gasteiger partial charge in [0.25, 0.3) is 11.8 Å². The molecule has 1 N–H and O–H groups in total. The van der Waals surface area contributed by atoms with Gasteiger partial charge in [-0.3, -0.25) is 14.9 Å². The van der Waals surface area contributed by atoms with Crippen molar-refractivity contribution in [3.05, 3.63) is 59.2 Å². The fourth-order valence-corrected chi connectivity index (χ4v) is 3.35. The van der Waals surface area contributed by atoms with Gasteiger partial charge in [0.15, 0.2) is 0 Å². The average Bonchev–Trinajstić information content (AvgIpc) is 2.73. The standard InChI is InChI=1S/C23H25N3O4/c1-5-25(6-2)18-12-9-16(20(14-18)30-4)13-19-21(27)24-23(29)26(22(19)28)17-10-7-15(3)8-11-17/h7-14H,5-6H2,1-4H3,(H,24,27,29)/b19-13-. The molecule has 1 heterocycles. The van der Waals surface area contributed by atoms with Gasteiger partial charge in [0.05, 0.1) is 12.8 Å². The maximum absolute atomic E-state index is 13.0. The molecule has 0 radical (unpaired) electrons. The van der Waals surface area contributed by atoms with E-state index in [4.69, 9.17) is 4.74 Å². The van der Waals surface area contributed by atoms with E-state index in [-0.39, 0.29) is 5.57 Å². The number of carbonyl (C=O) groups excluding carboxylic acids is 3. The third kappa shape index (κ3) is 4.05. The molecule has 0 aromatic heterocycles. The summed E-state index contributed by atoms with van der Waals surface area (Å²) in [5.41, 5.74) is 2.81. The van der Waals surface area contributed by atoms with Crippen LogP contribution in [0.25, 0.3) is 6.08 Å². The Hall–Kier alpha value is -3.61. The first-order valence-corrected chi connectivity index (χ1v) is 9.80. The van der Waals surface area contributed by atoms with Gasteiger partial charge in [-0.05, 0) is 51.1 Å². The molecular weight excluding hydrogens is 382 g/mol. The van der Waals surface area contributed by atoms with Gasteiger partial charge in [-0.15, -0.1) is 0 Å². The van der Waals surface area contributed by atoms with Crippen LogP contribution >= 0.6 is 0 Å². The third-order valence-electron chi connectivity index (χ3n) is 5.04. The molecule has 7 nitrogen and oxygen atoms in total. The number of urea groups is 1. The predicted molar refractivity (Wildman–Crippen MR) is 117 cm³/mol. The molecule has 156 valence electrons. The molecule has 1 aliphatic rings. The molecule has 0 saturated carbocycles. The Bertz CT molecular complexity index is 1010. The van der Waals surface area contributed by atoms with Gasteiger partial charge in [-0.25, -0.2) is 9.69 Å². The van der Waals surface area contributed by atoms with Gasteiger partial charge >= 0.3 is 6.03 Å². The Morgan fingerprint density at radius 2 is 1.70 bits per heavy atom.